The summed E-state index contributed by atoms with van der Waals surface area (Å²) in [5, 5.41) is 6.54. The summed E-state index contributed by atoms with van der Waals surface area (Å²) in [6.45, 7) is 5.66. The zero-order chi connectivity index (χ0) is 24.5. The fraction of sp³-hybridized carbons (Fsp3) is 0.348. The monoisotopic (exact) mass is 516 g/mol. The van der Waals surface area contributed by atoms with Crippen molar-refractivity contribution < 1.29 is 14.4 Å². The molecule has 10 heteroatoms. The van der Waals surface area contributed by atoms with Crippen LogP contribution in [-0.2, 0) is 16.0 Å². The second-order valence-corrected chi connectivity index (χ2v) is 8.15. The predicted molar refractivity (Wildman–Crippen MR) is 132 cm³/mol. The second kappa shape index (κ2) is 12.1. The Balaban J connectivity index is 1.99. The van der Waals surface area contributed by atoms with Crippen molar-refractivity contribution in [2.75, 3.05) is 24.2 Å². The van der Waals surface area contributed by atoms with Crippen molar-refractivity contribution in [1.82, 2.24) is 20.2 Å². The zero-order valence-electron chi connectivity index (χ0n) is 19.2. The Morgan fingerprint density at radius 3 is 2.58 bits per heavy atom. The van der Waals surface area contributed by atoms with Gasteiger partial charge < -0.3 is 21.3 Å². The van der Waals surface area contributed by atoms with Crippen LogP contribution in [0.5, 0.6) is 0 Å². The molecule has 1 atom stereocenters. The summed E-state index contributed by atoms with van der Waals surface area (Å²) in [5.41, 5.74) is 8.55. The molecule has 176 valence electrons. The molecular formula is C23H29BrN6O3. The number of amides is 3. The molecule has 0 spiro atoms. The predicted octanol–water partition coefficient (Wildman–Crippen LogP) is 2.39. The molecule has 9 nitrogen and oxygen atoms in total. The number of hydrogen-bond donors (Lipinski definition) is 3. The van der Waals surface area contributed by atoms with Gasteiger partial charge in [0.2, 0.25) is 11.8 Å². The lowest BCUT2D eigenvalue weighted by molar-refractivity contribution is -0.135. The Bertz CT molecular complexity index is 1060. The smallest absolute Gasteiger partial charge is 0.271 e. The lowest BCUT2D eigenvalue weighted by Gasteiger charge is -2.23. The van der Waals surface area contributed by atoms with Crippen LogP contribution in [0.1, 0.15) is 34.4 Å². The minimum Gasteiger partial charge on any atom is -0.364 e. The third-order valence-electron chi connectivity index (χ3n) is 5.10. The Morgan fingerprint density at radius 2 is 1.91 bits per heavy atom. The third-order valence-corrected chi connectivity index (χ3v) is 5.47. The molecule has 33 heavy (non-hydrogen) atoms. The molecule has 0 aliphatic carbocycles. The molecule has 3 amide bonds. The number of aryl methyl sites for hydroxylation is 2. The number of rotatable bonds is 10. The third kappa shape index (κ3) is 7.38. The van der Waals surface area contributed by atoms with Gasteiger partial charge in [-0.05, 0) is 51.0 Å². The van der Waals surface area contributed by atoms with Gasteiger partial charge in [0.15, 0.2) is 11.5 Å². The topological polar surface area (TPSA) is 130 Å². The van der Waals surface area contributed by atoms with Crippen LogP contribution in [0.4, 0.5) is 11.5 Å². The maximum Gasteiger partial charge on any atom is 0.271 e. The number of aromatic nitrogens is 2. The van der Waals surface area contributed by atoms with E-state index in [2.05, 4.69) is 36.5 Å². The molecule has 0 aliphatic heterocycles. The van der Waals surface area contributed by atoms with Gasteiger partial charge >= 0.3 is 0 Å². The molecule has 0 saturated heterocycles. The molecule has 1 aromatic heterocycles. The average molecular weight is 517 g/mol. The van der Waals surface area contributed by atoms with Crippen molar-refractivity contribution in [1.29, 1.82) is 0 Å². The number of primary amides is 1. The van der Waals surface area contributed by atoms with Gasteiger partial charge in [-0.1, -0.05) is 34.1 Å². The number of halogens is 1. The molecule has 0 fully saturated rings. The van der Waals surface area contributed by atoms with Gasteiger partial charge in [-0.3, -0.25) is 14.4 Å². The fourth-order valence-electron chi connectivity index (χ4n) is 2.91. The molecule has 0 radical (unpaired) electrons. The Morgan fingerprint density at radius 1 is 1.21 bits per heavy atom. The van der Waals surface area contributed by atoms with Crippen molar-refractivity contribution in [3.05, 3.63) is 59.1 Å². The normalized spacial score (nSPS) is 11.8. The highest BCUT2D eigenvalue weighted by atomic mass is 79.9. The maximum atomic E-state index is 12.4. The van der Waals surface area contributed by atoms with Crippen LogP contribution in [0, 0.1) is 13.8 Å². The number of alkyl halides is 1. The molecule has 4 N–H and O–H groups in total. The summed E-state index contributed by atoms with van der Waals surface area (Å²) < 4.78 is 0. The summed E-state index contributed by atoms with van der Waals surface area (Å²) in [5.74, 6) is -0.830. The highest BCUT2D eigenvalue weighted by Crippen LogP contribution is 2.20. The largest absolute Gasteiger partial charge is 0.364 e. The van der Waals surface area contributed by atoms with Crippen LogP contribution >= 0.6 is 15.9 Å². The van der Waals surface area contributed by atoms with Crippen LogP contribution in [0.3, 0.4) is 0 Å². The van der Waals surface area contributed by atoms with Crippen molar-refractivity contribution in [2.24, 2.45) is 5.73 Å². The molecule has 0 bridgehead atoms. The molecule has 1 aromatic carbocycles. The maximum absolute atomic E-state index is 12.4. The quantitative estimate of drug-likeness (QED) is 0.328. The highest BCUT2D eigenvalue weighted by Gasteiger charge is 2.20. The SMILES string of the molecule is Cc1nc(Nc2cccc(CCNC(=O)C(C)N(C)C(=O)/C=C/CBr)c2)c(C(N)=O)nc1C. The van der Waals surface area contributed by atoms with E-state index in [-0.39, 0.29) is 17.5 Å². The van der Waals surface area contributed by atoms with Gasteiger partial charge in [-0.15, -0.1) is 0 Å². The molecule has 1 unspecified atom stereocenters. The van der Waals surface area contributed by atoms with Crippen LogP contribution < -0.4 is 16.4 Å². The van der Waals surface area contributed by atoms with E-state index in [4.69, 9.17) is 5.73 Å². The Labute approximate surface area is 202 Å². The van der Waals surface area contributed by atoms with Crippen LogP contribution in [-0.4, -0.2) is 57.6 Å². The summed E-state index contributed by atoms with van der Waals surface area (Å²) >= 11 is 3.22. The number of carbonyl (C=O) groups excluding carboxylic acids is 3. The first-order chi connectivity index (χ1) is 15.6. The Hall–Kier alpha value is -3.27. The lowest BCUT2D eigenvalue weighted by Crippen LogP contribution is -2.45. The fourth-order valence-corrected chi connectivity index (χ4v) is 3.10. The van der Waals surface area contributed by atoms with Crippen molar-refractivity contribution in [3.8, 4) is 0 Å². The first-order valence-electron chi connectivity index (χ1n) is 10.4. The van der Waals surface area contributed by atoms with Crippen LogP contribution in [0.25, 0.3) is 0 Å². The lowest BCUT2D eigenvalue weighted by atomic mass is 10.1. The number of nitrogens with zero attached hydrogens (tertiary/aromatic N) is 3. The molecule has 0 saturated carbocycles. The molecule has 2 aromatic rings. The molecule has 1 heterocycles. The first-order valence-corrected chi connectivity index (χ1v) is 11.5. The minimum atomic E-state index is -0.660. The van der Waals surface area contributed by atoms with Gasteiger partial charge in [0, 0.05) is 24.6 Å². The van der Waals surface area contributed by atoms with Crippen molar-refractivity contribution in [2.45, 2.75) is 33.2 Å². The summed E-state index contributed by atoms with van der Waals surface area (Å²) in [4.78, 5) is 46.2. The summed E-state index contributed by atoms with van der Waals surface area (Å²) in [7, 11) is 1.59. The van der Waals surface area contributed by atoms with Crippen molar-refractivity contribution in [3.63, 3.8) is 0 Å². The van der Waals surface area contributed by atoms with E-state index >= 15 is 0 Å². The average Bonchev–Trinajstić information content (AvgIpc) is 2.78. The zero-order valence-corrected chi connectivity index (χ0v) is 20.8. The van der Waals surface area contributed by atoms with E-state index < -0.39 is 11.9 Å². The second-order valence-electron chi connectivity index (χ2n) is 7.50. The summed E-state index contributed by atoms with van der Waals surface area (Å²) in [6, 6.07) is 6.94. The number of benzene rings is 1. The van der Waals surface area contributed by atoms with Crippen LogP contribution in [0.2, 0.25) is 0 Å². The molecule has 2 rings (SSSR count). The van der Waals surface area contributed by atoms with Crippen molar-refractivity contribution >= 4 is 45.2 Å². The number of nitrogens with two attached hydrogens (primary N) is 1. The number of allylic oxidation sites excluding steroid dienone is 1. The van der Waals surface area contributed by atoms with Crippen LogP contribution in [0.15, 0.2) is 36.4 Å². The standard InChI is InChI=1S/C23H29BrN6O3/c1-14-15(2)28-22(20(27-14)21(25)32)29-18-8-5-7-17(13-18)10-12-26-23(33)16(3)30(4)19(31)9-6-11-24/h5-9,13,16H,10-12H2,1-4H3,(H2,25,32)(H,26,33)(H,28,29)/b9-6+. The number of hydrogen-bond acceptors (Lipinski definition) is 6. The van der Waals surface area contributed by atoms with Gasteiger partial charge in [0.05, 0.1) is 11.4 Å². The number of nitrogens with one attached hydrogen (secondary N) is 2. The van der Waals surface area contributed by atoms with E-state index in [1.165, 1.54) is 11.0 Å². The highest BCUT2D eigenvalue weighted by molar-refractivity contribution is 9.09. The van der Waals surface area contributed by atoms with E-state index in [9.17, 15) is 14.4 Å². The van der Waals surface area contributed by atoms with E-state index in [1.54, 1.807) is 33.9 Å². The minimum absolute atomic E-state index is 0.0781. The van der Waals surface area contributed by atoms with Gasteiger partial charge in [-0.25, -0.2) is 9.97 Å². The van der Waals surface area contributed by atoms with E-state index in [1.807, 2.05) is 24.3 Å². The van der Waals surface area contributed by atoms with E-state index in [0.29, 0.717) is 35.5 Å². The van der Waals surface area contributed by atoms with Gasteiger partial charge in [0.1, 0.15) is 6.04 Å². The first kappa shape index (κ1) is 26.0. The van der Waals surface area contributed by atoms with E-state index in [0.717, 1.165) is 11.3 Å². The number of carbonyl (C=O) groups is 3. The summed E-state index contributed by atoms with van der Waals surface area (Å²) in [6.07, 6.45) is 3.69. The Kier molecular flexibility index (Phi) is 9.53. The van der Waals surface area contributed by atoms with Gasteiger partial charge in [-0.2, -0.15) is 0 Å². The van der Waals surface area contributed by atoms with Gasteiger partial charge in [0.25, 0.3) is 5.91 Å². The molecular weight excluding hydrogens is 488 g/mol. The number of likely N-dealkylation sites (N-methyl/N-ethyl adjacent to an activating group) is 1. The molecule has 0 aliphatic rings. The number of anilines is 2.